The van der Waals surface area contributed by atoms with Gasteiger partial charge in [-0.2, -0.15) is 0 Å². The van der Waals surface area contributed by atoms with Gasteiger partial charge in [0.1, 0.15) is 6.04 Å². The van der Waals surface area contributed by atoms with E-state index in [1.807, 2.05) is 13.8 Å². The van der Waals surface area contributed by atoms with Crippen LogP contribution in [-0.4, -0.2) is 35.6 Å². The Labute approximate surface area is 89.2 Å². The third-order valence-electron chi connectivity index (χ3n) is 2.61. The van der Waals surface area contributed by atoms with E-state index in [9.17, 15) is 9.59 Å². The van der Waals surface area contributed by atoms with Crippen molar-refractivity contribution in [3.63, 3.8) is 0 Å². The third-order valence-corrected chi connectivity index (χ3v) is 2.61. The van der Waals surface area contributed by atoms with Crippen LogP contribution >= 0.6 is 0 Å². The van der Waals surface area contributed by atoms with E-state index >= 15 is 0 Å². The molecule has 1 aliphatic heterocycles. The minimum atomic E-state index is -0.832. The van der Waals surface area contributed by atoms with Crippen LogP contribution in [0.25, 0.3) is 0 Å². The van der Waals surface area contributed by atoms with Gasteiger partial charge in [0, 0.05) is 19.0 Å². The van der Waals surface area contributed by atoms with Crippen molar-refractivity contribution in [1.82, 2.24) is 10.6 Å². The van der Waals surface area contributed by atoms with Crippen LogP contribution in [-0.2, 0) is 9.59 Å². The fourth-order valence-electron chi connectivity index (χ4n) is 1.68. The van der Waals surface area contributed by atoms with Gasteiger partial charge < -0.3 is 10.4 Å². The summed E-state index contributed by atoms with van der Waals surface area (Å²) in [5.41, 5.74) is 0. The number of nitrogens with one attached hydrogen (secondary N) is 2. The highest BCUT2D eigenvalue weighted by molar-refractivity contribution is 5.77. The second-order valence-corrected chi connectivity index (χ2v) is 4.27. The molecule has 0 aromatic carbocycles. The highest BCUT2D eigenvalue weighted by Crippen LogP contribution is 2.08. The molecule has 0 aromatic heterocycles. The zero-order valence-corrected chi connectivity index (χ0v) is 9.12. The summed E-state index contributed by atoms with van der Waals surface area (Å²) in [6, 6.07) is -0.462. The van der Waals surface area contributed by atoms with Crippen LogP contribution in [0.3, 0.4) is 0 Å². The van der Waals surface area contributed by atoms with Crippen LogP contribution in [0.4, 0.5) is 0 Å². The Morgan fingerprint density at radius 1 is 1.60 bits per heavy atom. The minimum absolute atomic E-state index is 0.0418. The van der Waals surface area contributed by atoms with Crippen LogP contribution in [0.5, 0.6) is 0 Å². The minimum Gasteiger partial charge on any atom is -0.480 e. The van der Waals surface area contributed by atoms with E-state index in [1.54, 1.807) is 0 Å². The average Bonchev–Trinajstić information content (AvgIpc) is 2.15. The van der Waals surface area contributed by atoms with Gasteiger partial charge in [-0.3, -0.25) is 14.9 Å². The molecular formula is C10H18N2O3. The molecule has 1 rings (SSSR count). The van der Waals surface area contributed by atoms with E-state index < -0.39 is 12.0 Å². The number of hydrogen-bond acceptors (Lipinski definition) is 3. The van der Waals surface area contributed by atoms with Gasteiger partial charge in [0.15, 0.2) is 0 Å². The smallest absolute Gasteiger partial charge is 0.320 e. The molecule has 1 heterocycles. The Bertz CT molecular complexity index is 243. The molecule has 3 N–H and O–H groups in total. The number of hydrogen-bond donors (Lipinski definition) is 3. The Balaban J connectivity index is 2.45. The number of rotatable bonds is 4. The van der Waals surface area contributed by atoms with Crippen molar-refractivity contribution in [2.45, 2.75) is 38.8 Å². The second-order valence-electron chi connectivity index (χ2n) is 4.27. The topological polar surface area (TPSA) is 78.4 Å². The number of piperidine rings is 1. The largest absolute Gasteiger partial charge is 0.480 e. The van der Waals surface area contributed by atoms with Gasteiger partial charge >= 0.3 is 5.97 Å². The average molecular weight is 214 g/mol. The molecule has 2 unspecified atom stereocenters. The summed E-state index contributed by atoms with van der Waals surface area (Å²) in [4.78, 5) is 21.8. The molecule has 15 heavy (non-hydrogen) atoms. The van der Waals surface area contributed by atoms with Gasteiger partial charge in [-0.25, -0.2) is 0 Å². The lowest BCUT2D eigenvalue weighted by atomic mass is 10.0. The van der Waals surface area contributed by atoms with Crippen LogP contribution < -0.4 is 10.6 Å². The highest BCUT2D eigenvalue weighted by atomic mass is 16.4. The van der Waals surface area contributed by atoms with Crippen molar-refractivity contribution in [2.24, 2.45) is 5.92 Å². The molecular weight excluding hydrogens is 196 g/mol. The lowest BCUT2D eigenvalue weighted by Crippen LogP contribution is -2.53. The molecule has 0 aromatic rings. The van der Waals surface area contributed by atoms with Gasteiger partial charge in [0.25, 0.3) is 0 Å². The quantitative estimate of drug-likeness (QED) is 0.614. The van der Waals surface area contributed by atoms with Crippen molar-refractivity contribution in [2.75, 3.05) is 6.54 Å². The van der Waals surface area contributed by atoms with E-state index in [4.69, 9.17) is 5.11 Å². The second kappa shape index (κ2) is 5.11. The number of carbonyl (C=O) groups is 2. The van der Waals surface area contributed by atoms with Gasteiger partial charge in [0.2, 0.25) is 5.91 Å². The fourth-order valence-corrected chi connectivity index (χ4v) is 1.68. The lowest BCUT2D eigenvalue weighted by Gasteiger charge is -2.28. The molecule has 0 saturated carbocycles. The first-order valence-electron chi connectivity index (χ1n) is 5.26. The molecule has 0 spiro atoms. The molecule has 0 radical (unpaired) electrons. The summed E-state index contributed by atoms with van der Waals surface area (Å²) in [5.74, 6) is -0.744. The molecule has 1 fully saturated rings. The molecule has 0 aliphatic carbocycles. The molecule has 5 nitrogen and oxygen atoms in total. The van der Waals surface area contributed by atoms with Gasteiger partial charge in [-0.15, -0.1) is 0 Å². The summed E-state index contributed by atoms with van der Waals surface area (Å²) in [5, 5.41) is 14.8. The summed E-state index contributed by atoms with van der Waals surface area (Å²) >= 11 is 0. The molecule has 1 saturated heterocycles. The van der Waals surface area contributed by atoms with E-state index in [0.29, 0.717) is 19.4 Å². The van der Waals surface area contributed by atoms with E-state index in [2.05, 4.69) is 10.6 Å². The predicted molar refractivity (Wildman–Crippen MR) is 55.4 cm³/mol. The Hall–Kier alpha value is -1.10. The normalized spacial score (nSPS) is 23.7. The summed E-state index contributed by atoms with van der Waals surface area (Å²) in [6.07, 6.45) is 1.18. The van der Waals surface area contributed by atoms with E-state index in [-0.39, 0.29) is 17.9 Å². The monoisotopic (exact) mass is 214 g/mol. The van der Waals surface area contributed by atoms with Gasteiger partial charge in [-0.05, 0) is 12.3 Å². The number of carbonyl (C=O) groups excluding carboxylic acids is 1. The molecule has 5 heteroatoms. The summed E-state index contributed by atoms with van der Waals surface area (Å²) < 4.78 is 0. The molecule has 86 valence electrons. The zero-order chi connectivity index (χ0) is 11.4. The first kappa shape index (κ1) is 12.0. The van der Waals surface area contributed by atoms with Crippen molar-refractivity contribution in [1.29, 1.82) is 0 Å². The first-order chi connectivity index (χ1) is 7.00. The zero-order valence-electron chi connectivity index (χ0n) is 9.12. The first-order valence-corrected chi connectivity index (χ1v) is 5.26. The Morgan fingerprint density at radius 3 is 2.67 bits per heavy atom. The number of aliphatic carboxylic acids is 1. The number of carboxylic acid groups (broad SMARTS) is 1. The van der Waals surface area contributed by atoms with Crippen molar-refractivity contribution in [3.8, 4) is 0 Å². The summed E-state index contributed by atoms with van der Waals surface area (Å²) in [6.45, 7) is 4.26. The van der Waals surface area contributed by atoms with Crippen molar-refractivity contribution >= 4 is 11.9 Å². The molecule has 0 bridgehead atoms. The maximum atomic E-state index is 10.9. The Kier molecular flexibility index (Phi) is 4.08. The maximum Gasteiger partial charge on any atom is 0.320 e. The lowest BCUT2D eigenvalue weighted by molar-refractivity contribution is -0.140. The van der Waals surface area contributed by atoms with Crippen molar-refractivity contribution in [3.05, 3.63) is 0 Å². The third kappa shape index (κ3) is 3.51. The van der Waals surface area contributed by atoms with Crippen LogP contribution in [0, 0.1) is 5.92 Å². The van der Waals surface area contributed by atoms with Crippen molar-refractivity contribution < 1.29 is 14.7 Å². The van der Waals surface area contributed by atoms with Gasteiger partial charge in [0.05, 0.1) is 0 Å². The van der Waals surface area contributed by atoms with Gasteiger partial charge in [-0.1, -0.05) is 13.8 Å². The maximum absolute atomic E-state index is 10.9. The predicted octanol–water partition coefficient (Wildman–Crippen LogP) is -0.0362. The standard InChI is InChI=1S/C10H18N2O3/c1-6(2)9(10(14)15)12-7-3-4-8(13)11-5-7/h6-7,9,12H,3-5H2,1-2H3,(H,11,13)(H,14,15). The molecule has 1 amide bonds. The molecule has 2 atom stereocenters. The number of amides is 1. The molecule has 1 aliphatic rings. The highest BCUT2D eigenvalue weighted by Gasteiger charge is 2.26. The Morgan fingerprint density at radius 2 is 2.27 bits per heavy atom. The summed E-state index contributed by atoms with van der Waals surface area (Å²) in [7, 11) is 0. The number of carboxylic acids is 1. The van der Waals surface area contributed by atoms with Crippen LogP contribution in [0.2, 0.25) is 0 Å². The fraction of sp³-hybridized carbons (Fsp3) is 0.800. The van der Waals surface area contributed by atoms with Crippen LogP contribution in [0.15, 0.2) is 0 Å². The SMILES string of the molecule is CC(C)C(NC1CCC(=O)NC1)C(=O)O. The van der Waals surface area contributed by atoms with E-state index in [1.165, 1.54) is 0 Å². The van der Waals surface area contributed by atoms with Crippen LogP contribution in [0.1, 0.15) is 26.7 Å². The van der Waals surface area contributed by atoms with E-state index in [0.717, 1.165) is 0 Å².